The highest BCUT2D eigenvalue weighted by molar-refractivity contribution is 8.14. The van der Waals surface area contributed by atoms with Crippen molar-refractivity contribution >= 4 is 52.0 Å². The number of thioether (sulfide) groups is 1. The summed E-state index contributed by atoms with van der Waals surface area (Å²) >= 11 is 7.36. The van der Waals surface area contributed by atoms with Gasteiger partial charge in [-0.3, -0.25) is 14.5 Å². The number of anilines is 1. The summed E-state index contributed by atoms with van der Waals surface area (Å²) in [5, 5.41) is 0.784. The molecule has 36 heavy (non-hydrogen) atoms. The predicted octanol–water partition coefficient (Wildman–Crippen LogP) is 5.73. The molecule has 0 aliphatic carbocycles. The zero-order chi connectivity index (χ0) is 25.7. The number of benzene rings is 3. The average Bonchev–Trinajstić information content (AvgIpc) is 3.22. The van der Waals surface area contributed by atoms with Crippen LogP contribution in [0.5, 0.6) is 17.2 Å². The van der Waals surface area contributed by atoms with Crippen molar-refractivity contribution in [2.45, 2.75) is 0 Å². The molecule has 0 N–H and O–H groups in total. The summed E-state index contributed by atoms with van der Waals surface area (Å²) < 4.78 is 15.8. The minimum Gasteiger partial charge on any atom is -0.497 e. The number of amidine groups is 1. The van der Waals surface area contributed by atoms with Crippen LogP contribution in [0, 0.1) is 0 Å². The molecular weight excluding hydrogens is 500 g/mol. The Morgan fingerprint density at radius 1 is 0.972 bits per heavy atom. The number of rotatable bonds is 8. The van der Waals surface area contributed by atoms with Crippen LogP contribution in [0.2, 0.25) is 5.02 Å². The summed E-state index contributed by atoms with van der Waals surface area (Å²) in [6.07, 6.45) is 1.69. The summed E-state index contributed by atoms with van der Waals surface area (Å²) in [6.45, 7) is 0. The molecule has 0 radical (unpaired) electrons. The Morgan fingerprint density at radius 2 is 1.69 bits per heavy atom. The van der Waals surface area contributed by atoms with E-state index in [9.17, 15) is 9.59 Å². The zero-order valence-corrected chi connectivity index (χ0v) is 21.4. The molecule has 0 atom stereocenters. The molecule has 3 aromatic carbocycles. The van der Waals surface area contributed by atoms with E-state index in [1.807, 2.05) is 12.1 Å². The van der Waals surface area contributed by atoms with E-state index in [1.165, 1.54) is 30.9 Å². The van der Waals surface area contributed by atoms with Crippen molar-refractivity contribution < 1.29 is 23.8 Å². The molecule has 1 aliphatic heterocycles. The van der Waals surface area contributed by atoms with Crippen molar-refractivity contribution in [2.75, 3.05) is 32.0 Å². The van der Waals surface area contributed by atoms with Crippen molar-refractivity contribution in [1.82, 2.24) is 0 Å². The highest BCUT2D eigenvalue weighted by Gasteiger charge is 2.33. The molecule has 0 saturated carbocycles. The maximum absolute atomic E-state index is 13.5. The van der Waals surface area contributed by atoms with Crippen molar-refractivity contribution in [3.63, 3.8) is 0 Å². The van der Waals surface area contributed by atoms with Crippen LogP contribution in [0.25, 0.3) is 6.08 Å². The summed E-state index contributed by atoms with van der Waals surface area (Å²) in [6, 6.07) is 19.3. The van der Waals surface area contributed by atoms with Gasteiger partial charge in [-0.25, -0.2) is 4.99 Å². The van der Waals surface area contributed by atoms with Gasteiger partial charge in [0.15, 0.2) is 11.0 Å². The van der Waals surface area contributed by atoms with Gasteiger partial charge in [-0.2, -0.15) is 0 Å². The Balaban J connectivity index is 1.67. The van der Waals surface area contributed by atoms with Crippen LogP contribution in [0.1, 0.15) is 15.9 Å². The monoisotopic (exact) mass is 522 g/mol. The Bertz CT molecular complexity index is 1350. The van der Waals surface area contributed by atoms with Crippen LogP contribution in [0.15, 0.2) is 77.4 Å². The maximum atomic E-state index is 13.5. The first-order valence-corrected chi connectivity index (χ1v) is 12.2. The van der Waals surface area contributed by atoms with Crippen LogP contribution < -0.4 is 19.1 Å². The van der Waals surface area contributed by atoms with Gasteiger partial charge in [0.25, 0.3) is 5.91 Å². The quantitative estimate of drug-likeness (QED) is 0.278. The zero-order valence-electron chi connectivity index (χ0n) is 19.9. The van der Waals surface area contributed by atoms with Crippen molar-refractivity contribution in [3.05, 3.63) is 88.6 Å². The van der Waals surface area contributed by atoms with E-state index >= 15 is 0 Å². The Labute approximate surface area is 218 Å². The van der Waals surface area contributed by atoms with Gasteiger partial charge in [0, 0.05) is 6.07 Å². The van der Waals surface area contributed by atoms with E-state index in [-0.39, 0.29) is 23.1 Å². The SMILES string of the molecule is COc1ccc(/C=C2\N=C(SCC(=O)c3ccccc3OC)N(c3ccc(Cl)c(OC)c3)C2=O)cc1. The number of amides is 1. The standard InChI is InChI=1S/C27H23ClN2O5S/c1-33-19-11-8-17(9-12-19)14-22-26(32)30(18-10-13-21(28)25(15-18)35-3)27(29-22)36-16-23(31)20-6-4-5-7-24(20)34-2/h4-15H,16H2,1-3H3/b22-14-. The van der Waals surface area contributed by atoms with Crippen molar-refractivity contribution in [1.29, 1.82) is 0 Å². The van der Waals surface area contributed by atoms with E-state index in [2.05, 4.69) is 4.99 Å². The number of Topliss-reactive ketones (excluding diaryl/α,β-unsaturated/α-hetero) is 1. The van der Waals surface area contributed by atoms with Gasteiger partial charge in [-0.15, -0.1) is 0 Å². The Morgan fingerprint density at radius 3 is 2.39 bits per heavy atom. The molecule has 9 heteroatoms. The number of para-hydroxylation sites is 1. The highest BCUT2D eigenvalue weighted by Crippen LogP contribution is 2.35. The summed E-state index contributed by atoms with van der Waals surface area (Å²) in [5.41, 5.74) is 2.01. The largest absolute Gasteiger partial charge is 0.497 e. The lowest BCUT2D eigenvalue weighted by Crippen LogP contribution is -2.30. The van der Waals surface area contributed by atoms with E-state index in [0.29, 0.717) is 38.7 Å². The molecule has 1 aliphatic rings. The minimum atomic E-state index is -0.331. The summed E-state index contributed by atoms with van der Waals surface area (Å²) in [7, 11) is 4.61. The van der Waals surface area contributed by atoms with Gasteiger partial charge in [0.2, 0.25) is 0 Å². The lowest BCUT2D eigenvalue weighted by molar-refractivity contribution is -0.113. The molecular formula is C27H23ClN2O5S. The van der Waals surface area contributed by atoms with Gasteiger partial charge < -0.3 is 14.2 Å². The summed E-state index contributed by atoms with van der Waals surface area (Å²) in [5.74, 6) is 1.20. The molecule has 0 aromatic heterocycles. The molecule has 184 valence electrons. The van der Waals surface area contributed by atoms with Crippen LogP contribution in [-0.4, -0.2) is 43.9 Å². The van der Waals surface area contributed by atoms with Crippen molar-refractivity contribution in [2.24, 2.45) is 4.99 Å². The molecule has 0 fully saturated rings. The molecule has 7 nitrogen and oxygen atoms in total. The predicted molar refractivity (Wildman–Crippen MR) is 144 cm³/mol. The molecule has 3 aromatic rings. The number of ether oxygens (including phenoxy) is 3. The van der Waals surface area contributed by atoms with Gasteiger partial charge in [-0.05, 0) is 48.0 Å². The van der Waals surface area contributed by atoms with Crippen molar-refractivity contribution in [3.8, 4) is 17.2 Å². The smallest absolute Gasteiger partial charge is 0.283 e. The van der Waals surface area contributed by atoms with Gasteiger partial charge in [-0.1, -0.05) is 47.6 Å². The molecule has 0 bridgehead atoms. The second-order valence-electron chi connectivity index (χ2n) is 7.57. The average molecular weight is 523 g/mol. The molecule has 0 spiro atoms. The number of aliphatic imine (C=N–C) groups is 1. The first-order valence-electron chi connectivity index (χ1n) is 10.9. The third-order valence-corrected chi connectivity index (χ3v) is 6.63. The maximum Gasteiger partial charge on any atom is 0.283 e. The minimum absolute atomic E-state index is 0.0591. The van der Waals surface area contributed by atoms with E-state index in [0.717, 1.165) is 5.56 Å². The fourth-order valence-electron chi connectivity index (χ4n) is 3.55. The van der Waals surface area contributed by atoms with Crippen LogP contribution >= 0.6 is 23.4 Å². The first kappa shape index (κ1) is 25.3. The van der Waals surface area contributed by atoms with Gasteiger partial charge in [0.1, 0.15) is 22.9 Å². The highest BCUT2D eigenvalue weighted by atomic mass is 35.5. The number of ketones is 1. The van der Waals surface area contributed by atoms with Crippen LogP contribution in [0.4, 0.5) is 5.69 Å². The second-order valence-corrected chi connectivity index (χ2v) is 8.92. The third-order valence-electron chi connectivity index (χ3n) is 5.38. The number of hydrogen-bond donors (Lipinski definition) is 0. The number of methoxy groups -OCH3 is 3. The number of nitrogens with zero attached hydrogens (tertiary/aromatic N) is 2. The topological polar surface area (TPSA) is 77.4 Å². The molecule has 1 heterocycles. The Kier molecular flexibility index (Phi) is 7.97. The fraction of sp³-hybridized carbons (Fsp3) is 0.148. The normalized spacial score (nSPS) is 14.1. The molecule has 4 rings (SSSR count). The fourth-order valence-corrected chi connectivity index (χ4v) is 4.64. The number of carbonyl (C=O) groups excluding carboxylic acids is 2. The third kappa shape index (κ3) is 5.40. The number of hydrogen-bond acceptors (Lipinski definition) is 7. The molecule has 0 unspecified atom stereocenters. The van der Waals surface area contributed by atoms with Crippen LogP contribution in [0.3, 0.4) is 0 Å². The first-order chi connectivity index (χ1) is 17.4. The number of carbonyl (C=O) groups is 2. The van der Waals surface area contributed by atoms with Gasteiger partial charge in [0.05, 0.1) is 43.4 Å². The molecule has 1 amide bonds. The number of halogens is 1. The lowest BCUT2D eigenvalue weighted by Gasteiger charge is -2.19. The van der Waals surface area contributed by atoms with Crippen LogP contribution in [-0.2, 0) is 4.79 Å². The summed E-state index contributed by atoms with van der Waals surface area (Å²) in [4.78, 5) is 32.5. The van der Waals surface area contributed by atoms with Gasteiger partial charge >= 0.3 is 0 Å². The Hall–Kier alpha value is -3.75. The van der Waals surface area contributed by atoms with E-state index < -0.39 is 0 Å². The van der Waals surface area contributed by atoms with E-state index in [4.69, 9.17) is 25.8 Å². The lowest BCUT2D eigenvalue weighted by atomic mass is 10.1. The van der Waals surface area contributed by atoms with E-state index in [1.54, 1.807) is 67.8 Å². The second kappa shape index (κ2) is 11.3. The molecule has 0 saturated heterocycles.